The van der Waals surface area contributed by atoms with Crippen LogP contribution in [0.5, 0.6) is 0 Å². The number of nitrogens with one attached hydrogen (secondary N) is 1. The van der Waals surface area contributed by atoms with E-state index in [4.69, 9.17) is 0 Å². The molecule has 0 fully saturated rings. The molecule has 0 amide bonds. The summed E-state index contributed by atoms with van der Waals surface area (Å²) in [4.78, 5) is 0. The minimum Gasteiger partial charge on any atom is -0.320 e. The van der Waals surface area contributed by atoms with Crippen LogP contribution < -0.4 is 5.32 Å². The van der Waals surface area contributed by atoms with E-state index in [9.17, 15) is 0 Å². The fourth-order valence-corrected chi connectivity index (χ4v) is 2.06. The summed E-state index contributed by atoms with van der Waals surface area (Å²) in [5, 5.41) is 3.24. The molecule has 16 heavy (non-hydrogen) atoms. The largest absolute Gasteiger partial charge is 0.320 e. The van der Waals surface area contributed by atoms with Crippen molar-refractivity contribution in [2.24, 2.45) is 5.41 Å². The van der Waals surface area contributed by atoms with Crippen LogP contribution in [0.4, 0.5) is 0 Å². The summed E-state index contributed by atoms with van der Waals surface area (Å²) >= 11 is 0. The van der Waals surface area contributed by atoms with Gasteiger partial charge in [0.1, 0.15) is 0 Å². The van der Waals surface area contributed by atoms with E-state index < -0.39 is 0 Å². The van der Waals surface area contributed by atoms with Crippen molar-refractivity contribution in [2.75, 3.05) is 13.6 Å². The lowest BCUT2D eigenvalue weighted by atomic mass is 9.81. The van der Waals surface area contributed by atoms with Crippen molar-refractivity contribution in [1.82, 2.24) is 5.32 Å². The molecule has 0 aliphatic carbocycles. The fraction of sp³-hybridized carbons (Fsp3) is 0.600. The van der Waals surface area contributed by atoms with Crippen molar-refractivity contribution >= 4 is 0 Å². The van der Waals surface area contributed by atoms with E-state index in [1.165, 1.54) is 29.5 Å². The SMILES string of the molecule is CNCCC(C)(C)Cc1cc(C)ccc1C. The van der Waals surface area contributed by atoms with Crippen molar-refractivity contribution in [2.45, 2.75) is 40.5 Å². The van der Waals surface area contributed by atoms with Gasteiger partial charge in [-0.25, -0.2) is 0 Å². The Labute approximate surface area is 100 Å². The second-order valence-corrected chi connectivity index (χ2v) is 5.62. The highest BCUT2D eigenvalue weighted by Crippen LogP contribution is 2.27. The molecule has 0 saturated heterocycles. The van der Waals surface area contributed by atoms with Gasteiger partial charge in [0.05, 0.1) is 0 Å². The Kier molecular flexibility index (Phi) is 4.55. The zero-order valence-electron chi connectivity index (χ0n) is 11.4. The standard InChI is InChI=1S/C15H25N/c1-12-6-7-13(2)14(10-12)11-15(3,4)8-9-16-5/h6-7,10,16H,8-9,11H2,1-5H3. The first-order valence-electron chi connectivity index (χ1n) is 6.15. The van der Waals surface area contributed by atoms with Crippen LogP contribution >= 0.6 is 0 Å². The highest BCUT2D eigenvalue weighted by molar-refractivity contribution is 5.31. The highest BCUT2D eigenvalue weighted by atomic mass is 14.8. The van der Waals surface area contributed by atoms with Gasteiger partial charge < -0.3 is 5.32 Å². The third-order valence-corrected chi connectivity index (χ3v) is 3.23. The minimum atomic E-state index is 0.377. The predicted molar refractivity (Wildman–Crippen MR) is 71.9 cm³/mol. The molecule has 1 aromatic rings. The third kappa shape index (κ3) is 3.97. The van der Waals surface area contributed by atoms with Crippen molar-refractivity contribution in [3.63, 3.8) is 0 Å². The van der Waals surface area contributed by atoms with Crippen LogP contribution in [0.25, 0.3) is 0 Å². The van der Waals surface area contributed by atoms with Gasteiger partial charge in [-0.05, 0) is 56.8 Å². The van der Waals surface area contributed by atoms with Crippen LogP contribution in [0, 0.1) is 19.3 Å². The number of benzene rings is 1. The summed E-state index contributed by atoms with van der Waals surface area (Å²) in [6.45, 7) is 10.2. The molecule has 1 nitrogen and oxygen atoms in total. The van der Waals surface area contributed by atoms with E-state index in [0.29, 0.717) is 5.41 Å². The van der Waals surface area contributed by atoms with Gasteiger partial charge in [-0.2, -0.15) is 0 Å². The number of rotatable bonds is 5. The molecule has 0 bridgehead atoms. The molecular weight excluding hydrogens is 194 g/mol. The summed E-state index contributed by atoms with van der Waals surface area (Å²) in [6.07, 6.45) is 2.39. The first kappa shape index (κ1) is 13.2. The van der Waals surface area contributed by atoms with Gasteiger partial charge in [0.2, 0.25) is 0 Å². The molecule has 0 aliphatic rings. The van der Waals surface area contributed by atoms with Crippen LogP contribution in [-0.2, 0) is 6.42 Å². The second kappa shape index (κ2) is 5.49. The Bertz CT molecular complexity index is 339. The van der Waals surface area contributed by atoms with Gasteiger partial charge in [-0.1, -0.05) is 37.6 Å². The van der Waals surface area contributed by atoms with Crippen LogP contribution in [-0.4, -0.2) is 13.6 Å². The van der Waals surface area contributed by atoms with E-state index in [1.807, 2.05) is 7.05 Å². The Morgan fingerprint density at radius 2 is 1.88 bits per heavy atom. The molecule has 0 atom stereocenters. The molecule has 1 aromatic carbocycles. The van der Waals surface area contributed by atoms with Gasteiger partial charge in [0.25, 0.3) is 0 Å². The number of aryl methyl sites for hydroxylation is 2. The first-order valence-corrected chi connectivity index (χ1v) is 6.15. The first-order chi connectivity index (χ1) is 7.44. The maximum atomic E-state index is 3.24. The van der Waals surface area contributed by atoms with E-state index in [-0.39, 0.29) is 0 Å². The van der Waals surface area contributed by atoms with Crippen molar-refractivity contribution in [3.8, 4) is 0 Å². The maximum Gasteiger partial charge on any atom is -0.00467 e. The maximum absolute atomic E-state index is 3.24. The summed E-state index contributed by atoms with van der Waals surface area (Å²) < 4.78 is 0. The van der Waals surface area contributed by atoms with Crippen LogP contribution in [0.15, 0.2) is 18.2 Å². The molecule has 0 saturated carbocycles. The lowest BCUT2D eigenvalue weighted by Crippen LogP contribution is -2.22. The monoisotopic (exact) mass is 219 g/mol. The zero-order chi connectivity index (χ0) is 12.2. The Hall–Kier alpha value is -0.820. The molecule has 0 aromatic heterocycles. The number of hydrogen-bond donors (Lipinski definition) is 1. The zero-order valence-corrected chi connectivity index (χ0v) is 11.4. The molecule has 1 N–H and O–H groups in total. The third-order valence-electron chi connectivity index (χ3n) is 3.23. The van der Waals surface area contributed by atoms with E-state index in [2.05, 4.69) is 51.2 Å². The average molecular weight is 219 g/mol. The van der Waals surface area contributed by atoms with Crippen molar-refractivity contribution < 1.29 is 0 Å². The molecule has 1 rings (SSSR count). The van der Waals surface area contributed by atoms with Gasteiger partial charge in [0, 0.05) is 0 Å². The molecule has 0 aliphatic heterocycles. The summed E-state index contributed by atoms with van der Waals surface area (Å²) in [7, 11) is 2.02. The van der Waals surface area contributed by atoms with Crippen LogP contribution in [0.1, 0.15) is 37.0 Å². The Morgan fingerprint density at radius 1 is 1.19 bits per heavy atom. The van der Waals surface area contributed by atoms with E-state index >= 15 is 0 Å². The summed E-state index contributed by atoms with van der Waals surface area (Å²) in [5.74, 6) is 0. The van der Waals surface area contributed by atoms with E-state index in [0.717, 1.165) is 6.54 Å². The smallest absolute Gasteiger partial charge is 0.00467 e. The predicted octanol–water partition coefficient (Wildman–Crippen LogP) is 3.48. The Morgan fingerprint density at radius 3 is 2.50 bits per heavy atom. The molecular formula is C15H25N. The van der Waals surface area contributed by atoms with Gasteiger partial charge in [0.15, 0.2) is 0 Å². The minimum absolute atomic E-state index is 0.377. The topological polar surface area (TPSA) is 12.0 Å². The van der Waals surface area contributed by atoms with E-state index in [1.54, 1.807) is 0 Å². The molecule has 0 heterocycles. The fourth-order valence-electron chi connectivity index (χ4n) is 2.06. The van der Waals surface area contributed by atoms with Crippen LogP contribution in [0.2, 0.25) is 0 Å². The Balaban J connectivity index is 2.74. The van der Waals surface area contributed by atoms with Gasteiger partial charge in [-0.3, -0.25) is 0 Å². The molecule has 90 valence electrons. The second-order valence-electron chi connectivity index (χ2n) is 5.62. The van der Waals surface area contributed by atoms with Crippen molar-refractivity contribution in [3.05, 3.63) is 34.9 Å². The molecule has 0 spiro atoms. The highest BCUT2D eigenvalue weighted by Gasteiger charge is 2.18. The van der Waals surface area contributed by atoms with Crippen molar-refractivity contribution in [1.29, 1.82) is 0 Å². The number of hydrogen-bond acceptors (Lipinski definition) is 1. The van der Waals surface area contributed by atoms with Gasteiger partial charge in [-0.15, -0.1) is 0 Å². The molecule has 0 unspecified atom stereocenters. The van der Waals surface area contributed by atoms with Gasteiger partial charge >= 0.3 is 0 Å². The quantitative estimate of drug-likeness (QED) is 0.799. The summed E-state index contributed by atoms with van der Waals surface area (Å²) in [5.41, 5.74) is 4.66. The molecule has 0 radical (unpaired) electrons. The summed E-state index contributed by atoms with van der Waals surface area (Å²) in [6, 6.07) is 6.76. The lowest BCUT2D eigenvalue weighted by molar-refractivity contribution is 0.329. The van der Waals surface area contributed by atoms with Crippen LogP contribution in [0.3, 0.4) is 0 Å². The lowest BCUT2D eigenvalue weighted by Gasteiger charge is -2.25. The molecule has 1 heteroatoms. The average Bonchev–Trinajstić information content (AvgIpc) is 2.20. The normalized spacial score (nSPS) is 11.8.